The van der Waals surface area contributed by atoms with E-state index in [0.717, 1.165) is 16.0 Å². The van der Waals surface area contributed by atoms with Crippen molar-refractivity contribution in [2.45, 2.75) is 30.5 Å². The molecule has 0 N–H and O–H groups in total. The Bertz CT molecular complexity index is 880. The van der Waals surface area contributed by atoms with E-state index in [-0.39, 0.29) is 17.7 Å². The lowest BCUT2D eigenvalue weighted by molar-refractivity contribution is -0.129. The first-order chi connectivity index (χ1) is 12.5. The molecule has 1 aromatic heterocycles. The Kier molecular flexibility index (Phi) is 5.73. The average Bonchev–Trinajstić information content (AvgIpc) is 3.10. The molecule has 26 heavy (non-hydrogen) atoms. The van der Waals surface area contributed by atoms with Gasteiger partial charge in [-0.3, -0.25) is 4.79 Å². The third kappa shape index (κ3) is 4.52. The number of hydrogen-bond donors (Lipinski definition) is 0. The summed E-state index contributed by atoms with van der Waals surface area (Å²) in [5.74, 6) is 0.986. The predicted molar refractivity (Wildman–Crippen MR) is 103 cm³/mol. The maximum absolute atomic E-state index is 12.6. The van der Waals surface area contributed by atoms with Crippen LogP contribution < -0.4 is 0 Å². The molecule has 134 valence electrons. The van der Waals surface area contributed by atoms with Gasteiger partial charge in [0.2, 0.25) is 17.6 Å². The molecule has 0 bridgehead atoms. The van der Waals surface area contributed by atoms with Gasteiger partial charge in [0, 0.05) is 17.5 Å². The number of nitrogens with zero attached hydrogens (tertiary/aromatic N) is 3. The number of aryl methyl sites for hydroxylation is 1. The average molecular weight is 367 g/mol. The summed E-state index contributed by atoms with van der Waals surface area (Å²) in [6, 6.07) is 17.8. The number of benzene rings is 2. The van der Waals surface area contributed by atoms with Crippen LogP contribution in [0.2, 0.25) is 0 Å². The topological polar surface area (TPSA) is 59.2 Å². The van der Waals surface area contributed by atoms with E-state index in [9.17, 15) is 4.79 Å². The van der Waals surface area contributed by atoms with Gasteiger partial charge in [-0.15, -0.1) is 11.8 Å². The summed E-state index contributed by atoms with van der Waals surface area (Å²) in [4.78, 5) is 19.7. The molecule has 3 rings (SSSR count). The summed E-state index contributed by atoms with van der Waals surface area (Å²) in [5.41, 5.74) is 2.04. The zero-order chi connectivity index (χ0) is 18.5. The quantitative estimate of drug-likeness (QED) is 0.612. The first kappa shape index (κ1) is 18.2. The maximum Gasteiger partial charge on any atom is 0.246 e. The number of thioether (sulfide) groups is 1. The Morgan fingerprint density at radius 1 is 1.19 bits per heavy atom. The van der Waals surface area contributed by atoms with Crippen LogP contribution in [0.1, 0.15) is 18.4 Å². The highest BCUT2D eigenvalue weighted by Gasteiger charge is 2.21. The van der Waals surface area contributed by atoms with Gasteiger partial charge in [0.25, 0.3) is 0 Å². The van der Waals surface area contributed by atoms with Crippen LogP contribution in [0.25, 0.3) is 11.4 Å². The van der Waals surface area contributed by atoms with Crippen molar-refractivity contribution >= 4 is 17.7 Å². The minimum absolute atomic E-state index is 0.0224. The van der Waals surface area contributed by atoms with Crippen molar-refractivity contribution in [2.75, 3.05) is 7.05 Å². The van der Waals surface area contributed by atoms with Crippen molar-refractivity contribution in [1.82, 2.24) is 15.0 Å². The second-order valence-electron chi connectivity index (χ2n) is 6.15. The highest BCUT2D eigenvalue weighted by atomic mass is 32.2. The largest absolute Gasteiger partial charge is 0.337 e. The van der Waals surface area contributed by atoms with Gasteiger partial charge in [0.05, 0.1) is 11.8 Å². The van der Waals surface area contributed by atoms with Crippen molar-refractivity contribution in [3.63, 3.8) is 0 Å². The van der Waals surface area contributed by atoms with Crippen LogP contribution in [0.5, 0.6) is 0 Å². The lowest BCUT2D eigenvalue weighted by atomic mass is 10.1. The Hall–Kier alpha value is -2.60. The van der Waals surface area contributed by atoms with Gasteiger partial charge in [-0.25, -0.2) is 0 Å². The van der Waals surface area contributed by atoms with Gasteiger partial charge in [-0.05, 0) is 32.0 Å². The molecule has 0 aliphatic carbocycles. The van der Waals surface area contributed by atoms with Crippen LogP contribution in [0.15, 0.2) is 64.0 Å². The van der Waals surface area contributed by atoms with Crippen molar-refractivity contribution in [2.24, 2.45) is 0 Å². The standard InChI is InChI=1S/C20H21N3O2S/c1-14-8-7-9-16(12-14)19-21-18(25-22-19)13-23(3)20(24)15(2)26-17-10-5-4-6-11-17/h4-12,15H,13H2,1-3H3. The maximum atomic E-state index is 12.6. The number of rotatable bonds is 6. The molecule has 0 radical (unpaired) electrons. The molecule has 0 aliphatic rings. The number of carbonyl (C=O) groups is 1. The second-order valence-corrected chi connectivity index (χ2v) is 7.56. The smallest absolute Gasteiger partial charge is 0.246 e. The molecule has 3 aromatic rings. The highest BCUT2D eigenvalue weighted by molar-refractivity contribution is 8.00. The summed E-state index contributed by atoms with van der Waals surface area (Å²) in [5, 5.41) is 3.83. The lowest BCUT2D eigenvalue weighted by Crippen LogP contribution is -2.32. The summed E-state index contributed by atoms with van der Waals surface area (Å²) in [7, 11) is 1.75. The van der Waals surface area contributed by atoms with E-state index in [4.69, 9.17) is 4.52 Å². The summed E-state index contributed by atoms with van der Waals surface area (Å²) >= 11 is 1.54. The van der Waals surface area contributed by atoms with Crippen molar-refractivity contribution in [1.29, 1.82) is 0 Å². The normalized spacial score (nSPS) is 12.0. The third-order valence-electron chi connectivity index (χ3n) is 3.90. The van der Waals surface area contributed by atoms with Crippen LogP contribution >= 0.6 is 11.8 Å². The van der Waals surface area contributed by atoms with Crippen LogP contribution in [0.4, 0.5) is 0 Å². The van der Waals surface area contributed by atoms with Gasteiger partial charge in [-0.2, -0.15) is 4.98 Å². The molecule has 6 heteroatoms. The molecule has 1 heterocycles. The summed E-state index contributed by atoms with van der Waals surface area (Å²) < 4.78 is 5.32. The highest BCUT2D eigenvalue weighted by Crippen LogP contribution is 2.24. The molecule has 5 nitrogen and oxygen atoms in total. The molecular formula is C20H21N3O2S. The Labute approximate surface area is 157 Å². The number of carbonyl (C=O) groups excluding carboxylic acids is 1. The van der Waals surface area contributed by atoms with Gasteiger partial charge in [-0.1, -0.05) is 47.1 Å². The molecule has 1 amide bonds. The summed E-state index contributed by atoms with van der Waals surface area (Å²) in [6.07, 6.45) is 0. The van der Waals surface area contributed by atoms with E-state index in [1.165, 1.54) is 11.8 Å². The van der Waals surface area contributed by atoms with Gasteiger partial charge in [0.15, 0.2) is 0 Å². The molecule has 0 saturated carbocycles. The van der Waals surface area contributed by atoms with E-state index in [0.29, 0.717) is 11.7 Å². The first-order valence-corrected chi connectivity index (χ1v) is 9.27. The lowest BCUT2D eigenvalue weighted by Gasteiger charge is -2.19. The predicted octanol–water partition coefficient (Wildman–Crippen LogP) is 4.18. The molecule has 0 aliphatic heterocycles. The molecule has 1 atom stereocenters. The SMILES string of the molecule is Cc1cccc(-c2noc(CN(C)C(=O)C(C)Sc3ccccc3)n2)c1. The zero-order valence-electron chi connectivity index (χ0n) is 15.0. The molecule has 0 spiro atoms. The number of amides is 1. The number of aromatic nitrogens is 2. The van der Waals surface area contributed by atoms with Crippen LogP contribution in [0.3, 0.4) is 0 Å². The minimum atomic E-state index is -0.193. The van der Waals surface area contributed by atoms with Crippen LogP contribution in [-0.4, -0.2) is 33.2 Å². The number of hydrogen-bond acceptors (Lipinski definition) is 5. The second kappa shape index (κ2) is 8.19. The van der Waals surface area contributed by atoms with Crippen molar-refractivity contribution in [3.05, 3.63) is 66.1 Å². The van der Waals surface area contributed by atoms with Gasteiger partial charge >= 0.3 is 0 Å². The zero-order valence-corrected chi connectivity index (χ0v) is 15.9. The fourth-order valence-electron chi connectivity index (χ4n) is 2.57. The first-order valence-electron chi connectivity index (χ1n) is 8.39. The molecule has 2 aromatic carbocycles. The van der Waals surface area contributed by atoms with Crippen molar-refractivity contribution in [3.8, 4) is 11.4 Å². The molecule has 1 unspecified atom stereocenters. The fourth-order valence-corrected chi connectivity index (χ4v) is 3.57. The van der Waals surface area contributed by atoms with E-state index in [1.54, 1.807) is 11.9 Å². The van der Waals surface area contributed by atoms with E-state index >= 15 is 0 Å². The van der Waals surface area contributed by atoms with E-state index < -0.39 is 0 Å². The molecule has 0 fully saturated rings. The van der Waals surface area contributed by atoms with Crippen LogP contribution in [0, 0.1) is 6.92 Å². The summed E-state index contributed by atoms with van der Waals surface area (Å²) in [6.45, 7) is 4.21. The fraction of sp³-hybridized carbons (Fsp3) is 0.250. The molecule has 0 saturated heterocycles. The minimum Gasteiger partial charge on any atom is -0.337 e. The Morgan fingerprint density at radius 2 is 1.96 bits per heavy atom. The van der Waals surface area contributed by atoms with E-state index in [2.05, 4.69) is 10.1 Å². The van der Waals surface area contributed by atoms with Gasteiger partial charge < -0.3 is 9.42 Å². The Morgan fingerprint density at radius 3 is 2.69 bits per heavy atom. The van der Waals surface area contributed by atoms with Crippen LogP contribution in [-0.2, 0) is 11.3 Å². The monoisotopic (exact) mass is 367 g/mol. The van der Waals surface area contributed by atoms with E-state index in [1.807, 2.05) is 68.4 Å². The Balaban J connectivity index is 1.62. The molecular weight excluding hydrogens is 346 g/mol. The van der Waals surface area contributed by atoms with Crippen molar-refractivity contribution < 1.29 is 9.32 Å². The van der Waals surface area contributed by atoms with Gasteiger partial charge in [0.1, 0.15) is 0 Å². The third-order valence-corrected chi connectivity index (χ3v) is 5.00.